The second kappa shape index (κ2) is 8.65. The summed E-state index contributed by atoms with van der Waals surface area (Å²) in [7, 11) is 0. The molecule has 0 radical (unpaired) electrons. The van der Waals surface area contributed by atoms with Gasteiger partial charge in [-0.15, -0.1) is 0 Å². The quantitative estimate of drug-likeness (QED) is 0.693. The molecule has 4 rings (SSSR count). The largest absolute Gasteiger partial charge is 0.472 e. The van der Waals surface area contributed by atoms with Gasteiger partial charge in [-0.3, -0.25) is 9.59 Å². The van der Waals surface area contributed by atoms with Crippen molar-refractivity contribution in [2.45, 2.75) is 12.8 Å². The monoisotopic (exact) mass is 390 g/mol. The van der Waals surface area contributed by atoms with Gasteiger partial charge in [0.15, 0.2) is 0 Å². The van der Waals surface area contributed by atoms with E-state index in [1.165, 1.54) is 12.5 Å². The number of amides is 2. The van der Waals surface area contributed by atoms with Crippen LogP contribution >= 0.6 is 0 Å². The fraction of sp³-hybridized carbons (Fsp3) is 0.217. The zero-order chi connectivity index (χ0) is 20.1. The summed E-state index contributed by atoms with van der Waals surface area (Å²) in [6.45, 7) is 1.06. The molecule has 29 heavy (non-hydrogen) atoms. The van der Waals surface area contributed by atoms with E-state index in [4.69, 9.17) is 9.15 Å². The standard InChI is InChI=1S/C23H22N2O4/c26-22(17-5-4-13-25(15-17)23(27)18-12-14-28-16-18)24-19-8-10-21(11-9-19)29-20-6-2-1-3-7-20/h1-3,6-12,14,16-17H,4-5,13,15H2,(H,24,26)/t17-/m1/s1. The lowest BCUT2D eigenvalue weighted by molar-refractivity contribution is -0.121. The Morgan fingerprint density at radius 3 is 2.48 bits per heavy atom. The van der Waals surface area contributed by atoms with Crippen molar-refractivity contribution in [3.63, 3.8) is 0 Å². The third kappa shape index (κ3) is 4.66. The molecule has 1 aliphatic rings. The minimum Gasteiger partial charge on any atom is -0.472 e. The Morgan fingerprint density at radius 1 is 1.00 bits per heavy atom. The lowest BCUT2D eigenvalue weighted by Crippen LogP contribution is -2.43. The Labute approximate surface area is 169 Å². The molecule has 0 unspecified atom stereocenters. The Morgan fingerprint density at radius 2 is 1.76 bits per heavy atom. The highest BCUT2D eigenvalue weighted by molar-refractivity contribution is 5.96. The third-order valence-corrected chi connectivity index (χ3v) is 4.95. The zero-order valence-electron chi connectivity index (χ0n) is 15.9. The van der Waals surface area contributed by atoms with Crippen molar-refractivity contribution < 1.29 is 18.7 Å². The molecular formula is C23H22N2O4. The molecule has 1 atom stereocenters. The Bertz CT molecular complexity index is 952. The van der Waals surface area contributed by atoms with Crippen molar-refractivity contribution >= 4 is 17.5 Å². The van der Waals surface area contributed by atoms with Gasteiger partial charge < -0.3 is 19.4 Å². The predicted molar refractivity (Wildman–Crippen MR) is 109 cm³/mol. The molecular weight excluding hydrogens is 368 g/mol. The first kappa shape index (κ1) is 18.8. The maximum Gasteiger partial charge on any atom is 0.257 e. The van der Waals surface area contributed by atoms with E-state index in [2.05, 4.69) is 5.32 Å². The van der Waals surface area contributed by atoms with Crippen LogP contribution in [-0.2, 0) is 4.79 Å². The molecule has 6 heteroatoms. The maximum absolute atomic E-state index is 12.7. The van der Waals surface area contributed by atoms with Crippen LogP contribution in [0.2, 0.25) is 0 Å². The summed E-state index contributed by atoms with van der Waals surface area (Å²) < 4.78 is 10.8. The Hall–Kier alpha value is -3.54. The van der Waals surface area contributed by atoms with E-state index in [-0.39, 0.29) is 17.7 Å². The number of piperidine rings is 1. The van der Waals surface area contributed by atoms with Crippen LogP contribution < -0.4 is 10.1 Å². The molecule has 148 valence electrons. The van der Waals surface area contributed by atoms with Crippen LogP contribution in [0.15, 0.2) is 77.6 Å². The van der Waals surface area contributed by atoms with Gasteiger partial charge in [-0.1, -0.05) is 18.2 Å². The topological polar surface area (TPSA) is 71.8 Å². The average molecular weight is 390 g/mol. The molecule has 3 aromatic rings. The normalized spacial score (nSPS) is 16.3. The molecule has 0 aliphatic carbocycles. The van der Waals surface area contributed by atoms with E-state index in [0.29, 0.717) is 30.1 Å². The number of nitrogens with zero attached hydrogens (tertiary/aromatic N) is 1. The van der Waals surface area contributed by atoms with Gasteiger partial charge in [0.05, 0.1) is 17.7 Å². The fourth-order valence-electron chi connectivity index (χ4n) is 3.42. The van der Waals surface area contributed by atoms with Gasteiger partial charge in [-0.05, 0) is 55.3 Å². The number of furan rings is 1. The SMILES string of the molecule is O=C(Nc1ccc(Oc2ccccc2)cc1)[C@@H]1CCCN(C(=O)c2ccoc2)C1. The highest BCUT2D eigenvalue weighted by atomic mass is 16.5. The number of likely N-dealkylation sites (tertiary alicyclic amines) is 1. The van der Waals surface area contributed by atoms with Crippen LogP contribution in [-0.4, -0.2) is 29.8 Å². The number of carbonyl (C=O) groups excluding carboxylic acids is 2. The highest BCUT2D eigenvalue weighted by Gasteiger charge is 2.29. The first-order valence-electron chi connectivity index (χ1n) is 9.64. The van der Waals surface area contributed by atoms with Crippen LogP contribution in [0.4, 0.5) is 5.69 Å². The summed E-state index contributed by atoms with van der Waals surface area (Å²) in [4.78, 5) is 26.9. The number of hydrogen-bond acceptors (Lipinski definition) is 4. The number of ether oxygens (including phenoxy) is 1. The molecule has 0 saturated carbocycles. The number of carbonyl (C=O) groups is 2. The smallest absolute Gasteiger partial charge is 0.257 e. The predicted octanol–water partition coefficient (Wildman–Crippen LogP) is 4.56. The van der Waals surface area contributed by atoms with Crippen molar-refractivity contribution in [2.24, 2.45) is 5.92 Å². The molecule has 1 aliphatic heterocycles. The van der Waals surface area contributed by atoms with Crippen molar-refractivity contribution in [3.8, 4) is 11.5 Å². The van der Waals surface area contributed by atoms with Crippen LogP contribution in [0.5, 0.6) is 11.5 Å². The molecule has 2 aromatic carbocycles. The highest BCUT2D eigenvalue weighted by Crippen LogP contribution is 2.24. The number of rotatable bonds is 5. The Kier molecular flexibility index (Phi) is 5.61. The van der Waals surface area contributed by atoms with Gasteiger partial charge in [0.25, 0.3) is 5.91 Å². The Balaban J connectivity index is 1.34. The molecule has 1 saturated heterocycles. The molecule has 1 N–H and O–H groups in total. The molecule has 6 nitrogen and oxygen atoms in total. The zero-order valence-corrected chi connectivity index (χ0v) is 15.9. The van der Waals surface area contributed by atoms with Crippen LogP contribution in [0, 0.1) is 5.92 Å². The van der Waals surface area contributed by atoms with Crippen molar-refractivity contribution in [2.75, 3.05) is 18.4 Å². The number of hydrogen-bond donors (Lipinski definition) is 1. The molecule has 1 fully saturated rings. The molecule has 1 aromatic heterocycles. The number of anilines is 1. The van der Waals surface area contributed by atoms with E-state index in [0.717, 1.165) is 18.6 Å². The molecule has 0 bridgehead atoms. The van der Waals surface area contributed by atoms with E-state index < -0.39 is 0 Å². The summed E-state index contributed by atoms with van der Waals surface area (Å²) >= 11 is 0. The van der Waals surface area contributed by atoms with E-state index in [9.17, 15) is 9.59 Å². The van der Waals surface area contributed by atoms with Gasteiger partial charge >= 0.3 is 0 Å². The van der Waals surface area contributed by atoms with Gasteiger partial charge in [0, 0.05) is 18.8 Å². The van der Waals surface area contributed by atoms with Crippen molar-refractivity contribution in [1.29, 1.82) is 0 Å². The number of para-hydroxylation sites is 1. The van der Waals surface area contributed by atoms with Crippen molar-refractivity contribution in [3.05, 3.63) is 78.8 Å². The minimum atomic E-state index is -0.236. The first-order valence-corrected chi connectivity index (χ1v) is 9.64. The maximum atomic E-state index is 12.7. The summed E-state index contributed by atoms with van der Waals surface area (Å²) in [5, 5.41) is 2.95. The number of nitrogens with one attached hydrogen (secondary N) is 1. The van der Waals surface area contributed by atoms with Crippen molar-refractivity contribution in [1.82, 2.24) is 4.90 Å². The lowest BCUT2D eigenvalue weighted by Gasteiger charge is -2.31. The average Bonchev–Trinajstić information content (AvgIpc) is 3.30. The van der Waals surface area contributed by atoms with Crippen LogP contribution in [0.25, 0.3) is 0 Å². The van der Waals surface area contributed by atoms with Gasteiger partial charge in [0.2, 0.25) is 5.91 Å². The number of benzene rings is 2. The summed E-state index contributed by atoms with van der Waals surface area (Å²) in [6.07, 6.45) is 4.47. The van der Waals surface area contributed by atoms with Crippen LogP contribution in [0.1, 0.15) is 23.2 Å². The van der Waals surface area contributed by atoms with E-state index in [1.54, 1.807) is 11.0 Å². The van der Waals surface area contributed by atoms with Crippen LogP contribution in [0.3, 0.4) is 0 Å². The third-order valence-electron chi connectivity index (χ3n) is 4.95. The summed E-state index contributed by atoms with van der Waals surface area (Å²) in [5.74, 6) is 1.04. The van der Waals surface area contributed by atoms with Gasteiger partial charge in [-0.25, -0.2) is 0 Å². The summed E-state index contributed by atoms with van der Waals surface area (Å²) in [6, 6.07) is 18.4. The van der Waals surface area contributed by atoms with E-state index >= 15 is 0 Å². The van der Waals surface area contributed by atoms with Gasteiger partial charge in [0.1, 0.15) is 17.8 Å². The second-order valence-corrected chi connectivity index (χ2v) is 7.03. The van der Waals surface area contributed by atoms with E-state index in [1.807, 2.05) is 54.6 Å². The minimum absolute atomic E-state index is 0.0774. The lowest BCUT2D eigenvalue weighted by atomic mass is 9.96. The second-order valence-electron chi connectivity index (χ2n) is 7.03. The first-order chi connectivity index (χ1) is 14.2. The molecule has 2 amide bonds. The van der Waals surface area contributed by atoms with Gasteiger partial charge in [-0.2, -0.15) is 0 Å². The summed E-state index contributed by atoms with van der Waals surface area (Å²) in [5.41, 5.74) is 1.22. The molecule has 2 heterocycles. The fourth-order valence-corrected chi connectivity index (χ4v) is 3.42. The molecule has 0 spiro atoms.